The zero-order chi connectivity index (χ0) is 16.5. The Balaban J connectivity index is 2.10. The standard InChI is InChI=1S/C13H11BrF3N3O2/c1-7-10(14)11(19-20(7)2)12(21)18-8-3-5-9(6-4-8)22-13(15,16)17/h3-6H,1-2H3,(H,18,21). The van der Waals surface area contributed by atoms with Gasteiger partial charge in [-0.15, -0.1) is 13.2 Å². The van der Waals surface area contributed by atoms with Crippen molar-refractivity contribution >= 4 is 27.5 Å². The lowest BCUT2D eigenvalue weighted by Crippen LogP contribution is -2.17. The first-order valence-corrected chi connectivity index (χ1v) is 6.83. The second-order valence-electron chi connectivity index (χ2n) is 4.40. The Morgan fingerprint density at radius 1 is 1.32 bits per heavy atom. The van der Waals surface area contributed by atoms with E-state index in [-0.39, 0.29) is 11.4 Å². The number of amides is 1. The number of carbonyl (C=O) groups is 1. The minimum Gasteiger partial charge on any atom is -0.406 e. The second-order valence-corrected chi connectivity index (χ2v) is 5.19. The van der Waals surface area contributed by atoms with Crippen molar-refractivity contribution in [3.05, 3.63) is 40.1 Å². The molecule has 0 radical (unpaired) electrons. The molecule has 1 N–H and O–H groups in total. The first kappa shape index (κ1) is 16.3. The Bertz CT molecular complexity index is 696. The summed E-state index contributed by atoms with van der Waals surface area (Å²) < 4.78 is 42.0. The van der Waals surface area contributed by atoms with Crippen LogP contribution in [0.3, 0.4) is 0 Å². The van der Waals surface area contributed by atoms with Crippen molar-refractivity contribution in [1.82, 2.24) is 9.78 Å². The van der Waals surface area contributed by atoms with Gasteiger partial charge in [0.1, 0.15) is 5.75 Å². The zero-order valence-electron chi connectivity index (χ0n) is 11.5. The van der Waals surface area contributed by atoms with E-state index in [0.717, 1.165) is 17.8 Å². The maximum Gasteiger partial charge on any atom is 0.573 e. The Hall–Kier alpha value is -2.03. The van der Waals surface area contributed by atoms with Gasteiger partial charge in [-0.05, 0) is 47.1 Å². The van der Waals surface area contributed by atoms with Crippen molar-refractivity contribution < 1.29 is 22.7 Å². The first-order valence-electron chi connectivity index (χ1n) is 6.03. The van der Waals surface area contributed by atoms with Crippen LogP contribution in [0.2, 0.25) is 0 Å². The summed E-state index contributed by atoms with van der Waals surface area (Å²) in [6.45, 7) is 1.79. The molecule has 1 aromatic heterocycles. The summed E-state index contributed by atoms with van der Waals surface area (Å²) in [5.41, 5.74) is 1.30. The van der Waals surface area contributed by atoms with Crippen molar-refractivity contribution in [2.75, 3.05) is 5.32 Å². The van der Waals surface area contributed by atoms with Crippen molar-refractivity contribution in [2.45, 2.75) is 13.3 Å². The van der Waals surface area contributed by atoms with Crippen LogP contribution < -0.4 is 10.1 Å². The molecule has 118 valence electrons. The fourth-order valence-corrected chi connectivity index (χ4v) is 2.17. The highest BCUT2D eigenvalue weighted by Crippen LogP contribution is 2.25. The molecule has 1 aromatic carbocycles. The molecule has 0 atom stereocenters. The van der Waals surface area contributed by atoms with Crippen LogP contribution in [0.1, 0.15) is 16.2 Å². The molecule has 0 aliphatic heterocycles. The molecule has 0 fully saturated rings. The molecule has 1 heterocycles. The molecule has 0 spiro atoms. The summed E-state index contributed by atoms with van der Waals surface area (Å²) in [5.74, 6) is -0.833. The van der Waals surface area contributed by atoms with Gasteiger partial charge in [0.25, 0.3) is 5.91 Å². The average Bonchev–Trinajstić information content (AvgIpc) is 2.67. The number of anilines is 1. The molecule has 2 rings (SSSR count). The monoisotopic (exact) mass is 377 g/mol. The van der Waals surface area contributed by atoms with Crippen molar-refractivity contribution in [2.24, 2.45) is 7.05 Å². The summed E-state index contributed by atoms with van der Waals surface area (Å²) in [5, 5.41) is 6.60. The smallest absolute Gasteiger partial charge is 0.406 e. The molecule has 0 aliphatic rings. The van der Waals surface area contributed by atoms with Gasteiger partial charge in [-0.25, -0.2) is 0 Å². The number of aryl methyl sites for hydroxylation is 1. The average molecular weight is 378 g/mol. The molecular weight excluding hydrogens is 367 g/mol. The van der Waals surface area contributed by atoms with Crippen molar-refractivity contribution in [1.29, 1.82) is 0 Å². The molecule has 0 unspecified atom stereocenters. The lowest BCUT2D eigenvalue weighted by atomic mass is 10.3. The van der Waals surface area contributed by atoms with E-state index in [1.54, 1.807) is 18.7 Å². The third kappa shape index (κ3) is 3.79. The molecule has 0 aliphatic carbocycles. The second kappa shape index (κ2) is 5.99. The number of nitrogens with one attached hydrogen (secondary N) is 1. The minimum atomic E-state index is -4.75. The highest BCUT2D eigenvalue weighted by atomic mass is 79.9. The van der Waals surface area contributed by atoms with E-state index in [1.807, 2.05) is 0 Å². The van der Waals surface area contributed by atoms with Gasteiger partial charge in [0, 0.05) is 12.7 Å². The van der Waals surface area contributed by atoms with E-state index in [0.29, 0.717) is 10.2 Å². The molecular formula is C13H11BrF3N3O2. The van der Waals surface area contributed by atoms with Gasteiger partial charge >= 0.3 is 6.36 Å². The number of aromatic nitrogens is 2. The van der Waals surface area contributed by atoms with Crippen LogP contribution in [-0.2, 0) is 7.05 Å². The number of alkyl halides is 3. The summed E-state index contributed by atoms with van der Waals surface area (Å²) in [7, 11) is 1.69. The predicted octanol–water partition coefficient (Wildman–Crippen LogP) is 3.64. The van der Waals surface area contributed by atoms with Crippen LogP contribution in [0.25, 0.3) is 0 Å². The van der Waals surface area contributed by atoms with Gasteiger partial charge in [0.2, 0.25) is 0 Å². The fourth-order valence-electron chi connectivity index (χ4n) is 1.66. The minimum absolute atomic E-state index is 0.190. The highest BCUT2D eigenvalue weighted by Gasteiger charge is 2.31. The first-order chi connectivity index (χ1) is 10.2. The fraction of sp³-hybridized carbons (Fsp3) is 0.231. The van der Waals surface area contributed by atoms with Crippen LogP contribution in [0.4, 0.5) is 18.9 Å². The Kier molecular flexibility index (Phi) is 4.45. The van der Waals surface area contributed by atoms with E-state index in [1.165, 1.54) is 12.1 Å². The zero-order valence-corrected chi connectivity index (χ0v) is 13.1. The Morgan fingerprint density at radius 2 is 1.91 bits per heavy atom. The van der Waals surface area contributed by atoms with Crippen LogP contribution in [-0.4, -0.2) is 22.1 Å². The molecule has 1 amide bonds. The normalized spacial score (nSPS) is 11.4. The van der Waals surface area contributed by atoms with Crippen LogP contribution in [0.5, 0.6) is 5.75 Å². The van der Waals surface area contributed by atoms with Gasteiger partial charge in [0.15, 0.2) is 5.69 Å². The summed E-state index contributed by atoms with van der Waals surface area (Å²) in [6, 6.07) is 4.84. The molecule has 0 bridgehead atoms. The maximum absolute atomic E-state index is 12.1. The summed E-state index contributed by atoms with van der Waals surface area (Å²) >= 11 is 3.27. The number of halogens is 4. The van der Waals surface area contributed by atoms with E-state index in [2.05, 4.69) is 31.1 Å². The largest absolute Gasteiger partial charge is 0.573 e. The number of benzene rings is 1. The van der Waals surface area contributed by atoms with Crippen LogP contribution in [0, 0.1) is 6.92 Å². The van der Waals surface area contributed by atoms with Crippen LogP contribution in [0.15, 0.2) is 28.7 Å². The number of nitrogens with zero attached hydrogens (tertiary/aromatic N) is 2. The van der Waals surface area contributed by atoms with Gasteiger partial charge in [-0.3, -0.25) is 9.48 Å². The number of ether oxygens (including phenoxy) is 1. The molecule has 9 heteroatoms. The number of rotatable bonds is 3. The summed E-state index contributed by atoms with van der Waals surface area (Å²) in [6.07, 6.45) is -4.75. The van der Waals surface area contributed by atoms with E-state index >= 15 is 0 Å². The van der Waals surface area contributed by atoms with E-state index in [9.17, 15) is 18.0 Å². The predicted molar refractivity (Wildman–Crippen MR) is 76.7 cm³/mol. The lowest BCUT2D eigenvalue weighted by Gasteiger charge is -2.09. The van der Waals surface area contributed by atoms with E-state index in [4.69, 9.17) is 0 Å². The Labute approximate surface area is 132 Å². The summed E-state index contributed by atoms with van der Waals surface area (Å²) in [4.78, 5) is 12.1. The van der Waals surface area contributed by atoms with Gasteiger partial charge in [0.05, 0.1) is 10.2 Å². The number of hydrogen-bond acceptors (Lipinski definition) is 3. The third-order valence-corrected chi connectivity index (χ3v) is 3.77. The van der Waals surface area contributed by atoms with Gasteiger partial charge in [-0.1, -0.05) is 0 Å². The van der Waals surface area contributed by atoms with Crippen molar-refractivity contribution in [3.63, 3.8) is 0 Å². The number of carbonyl (C=O) groups excluding carboxylic acids is 1. The third-order valence-electron chi connectivity index (χ3n) is 2.82. The molecule has 0 saturated carbocycles. The quantitative estimate of drug-likeness (QED) is 0.888. The van der Waals surface area contributed by atoms with E-state index < -0.39 is 12.3 Å². The van der Waals surface area contributed by atoms with Gasteiger partial charge < -0.3 is 10.1 Å². The SMILES string of the molecule is Cc1c(Br)c(C(=O)Nc2ccc(OC(F)(F)F)cc2)nn1C. The van der Waals surface area contributed by atoms with Crippen LogP contribution >= 0.6 is 15.9 Å². The highest BCUT2D eigenvalue weighted by molar-refractivity contribution is 9.10. The lowest BCUT2D eigenvalue weighted by molar-refractivity contribution is -0.274. The molecule has 0 saturated heterocycles. The van der Waals surface area contributed by atoms with Gasteiger partial charge in [-0.2, -0.15) is 5.10 Å². The Morgan fingerprint density at radius 3 is 2.36 bits per heavy atom. The molecule has 2 aromatic rings. The number of hydrogen-bond donors (Lipinski definition) is 1. The topological polar surface area (TPSA) is 56.1 Å². The maximum atomic E-state index is 12.1. The van der Waals surface area contributed by atoms with Crippen molar-refractivity contribution in [3.8, 4) is 5.75 Å². The molecule has 22 heavy (non-hydrogen) atoms. The molecule has 5 nitrogen and oxygen atoms in total.